The summed E-state index contributed by atoms with van der Waals surface area (Å²) in [5.74, 6) is 0.389. The van der Waals surface area contributed by atoms with E-state index in [0.29, 0.717) is 24.5 Å². The Morgan fingerprint density at radius 2 is 2.16 bits per heavy atom. The van der Waals surface area contributed by atoms with Crippen LogP contribution in [-0.2, 0) is 4.74 Å². The van der Waals surface area contributed by atoms with Crippen LogP contribution >= 0.6 is 11.6 Å². The average Bonchev–Trinajstić information content (AvgIpc) is 2.36. The SMILES string of the molecule is CCNc1cc(C(=O)NCC(C)(C)OC)cc(Cl)n1. The molecule has 0 unspecified atom stereocenters. The highest BCUT2D eigenvalue weighted by molar-refractivity contribution is 6.29. The molecule has 106 valence electrons. The fourth-order valence-electron chi connectivity index (χ4n) is 1.37. The first-order chi connectivity index (χ1) is 8.88. The summed E-state index contributed by atoms with van der Waals surface area (Å²) >= 11 is 5.89. The molecule has 0 saturated heterocycles. The van der Waals surface area contributed by atoms with Crippen LogP contribution in [0, 0.1) is 0 Å². The Labute approximate surface area is 118 Å². The summed E-state index contributed by atoms with van der Waals surface area (Å²) in [6.45, 7) is 6.88. The molecule has 5 nitrogen and oxygen atoms in total. The summed E-state index contributed by atoms with van der Waals surface area (Å²) < 4.78 is 5.24. The van der Waals surface area contributed by atoms with E-state index in [4.69, 9.17) is 16.3 Å². The van der Waals surface area contributed by atoms with Gasteiger partial charge in [-0.05, 0) is 32.9 Å². The van der Waals surface area contributed by atoms with Gasteiger partial charge in [-0.1, -0.05) is 11.6 Å². The quantitative estimate of drug-likeness (QED) is 0.788. The van der Waals surface area contributed by atoms with Gasteiger partial charge >= 0.3 is 0 Å². The minimum absolute atomic E-state index is 0.200. The van der Waals surface area contributed by atoms with Gasteiger partial charge in [-0.25, -0.2) is 4.98 Å². The van der Waals surface area contributed by atoms with Crippen molar-refractivity contribution in [2.45, 2.75) is 26.4 Å². The molecule has 6 heteroatoms. The van der Waals surface area contributed by atoms with E-state index in [1.54, 1.807) is 13.2 Å². The van der Waals surface area contributed by atoms with Gasteiger partial charge in [0.1, 0.15) is 11.0 Å². The molecule has 1 amide bonds. The molecule has 1 aromatic rings. The number of nitrogens with zero attached hydrogens (tertiary/aromatic N) is 1. The number of aromatic nitrogens is 1. The highest BCUT2D eigenvalue weighted by atomic mass is 35.5. The van der Waals surface area contributed by atoms with Crippen molar-refractivity contribution in [1.29, 1.82) is 0 Å². The fourth-order valence-corrected chi connectivity index (χ4v) is 1.58. The number of hydrogen-bond acceptors (Lipinski definition) is 4. The van der Waals surface area contributed by atoms with Crippen LogP contribution in [0.25, 0.3) is 0 Å². The summed E-state index contributed by atoms with van der Waals surface area (Å²) in [5.41, 5.74) is 0.0691. The molecule has 1 aromatic heterocycles. The lowest BCUT2D eigenvalue weighted by atomic mass is 10.1. The number of amides is 1. The van der Waals surface area contributed by atoms with Crippen molar-refractivity contribution < 1.29 is 9.53 Å². The van der Waals surface area contributed by atoms with Crippen LogP contribution in [0.15, 0.2) is 12.1 Å². The Kier molecular flexibility index (Phi) is 5.57. The van der Waals surface area contributed by atoms with Crippen molar-refractivity contribution >= 4 is 23.3 Å². The Bertz CT molecular complexity index is 450. The maximum Gasteiger partial charge on any atom is 0.251 e. The van der Waals surface area contributed by atoms with E-state index in [1.807, 2.05) is 20.8 Å². The summed E-state index contributed by atoms with van der Waals surface area (Å²) in [6.07, 6.45) is 0. The van der Waals surface area contributed by atoms with E-state index in [-0.39, 0.29) is 11.1 Å². The molecule has 2 N–H and O–H groups in total. The smallest absolute Gasteiger partial charge is 0.251 e. The van der Waals surface area contributed by atoms with E-state index < -0.39 is 5.60 Å². The molecule has 19 heavy (non-hydrogen) atoms. The first-order valence-corrected chi connectivity index (χ1v) is 6.50. The van der Waals surface area contributed by atoms with Gasteiger partial charge in [-0.3, -0.25) is 4.79 Å². The second-order valence-corrected chi connectivity index (χ2v) is 5.13. The van der Waals surface area contributed by atoms with Crippen molar-refractivity contribution in [3.05, 3.63) is 22.8 Å². The monoisotopic (exact) mass is 285 g/mol. The Balaban J connectivity index is 2.76. The van der Waals surface area contributed by atoms with Crippen LogP contribution in [0.1, 0.15) is 31.1 Å². The van der Waals surface area contributed by atoms with E-state index in [1.165, 1.54) is 6.07 Å². The molecule has 1 rings (SSSR count). The molecule has 0 atom stereocenters. The highest BCUT2D eigenvalue weighted by Crippen LogP contribution is 2.15. The van der Waals surface area contributed by atoms with E-state index in [0.717, 1.165) is 0 Å². The predicted molar refractivity (Wildman–Crippen MR) is 76.8 cm³/mol. The van der Waals surface area contributed by atoms with Crippen molar-refractivity contribution in [1.82, 2.24) is 10.3 Å². The number of carbonyl (C=O) groups excluding carboxylic acids is 1. The lowest BCUT2D eigenvalue weighted by molar-refractivity contribution is 0.0229. The first kappa shape index (κ1) is 15.7. The number of carbonyl (C=O) groups is 1. The first-order valence-electron chi connectivity index (χ1n) is 6.13. The Morgan fingerprint density at radius 1 is 1.47 bits per heavy atom. The van der Waals surface area contributed by atoms with Gasteiger partial charge in [0.25, 0.3) is 5.91 Å². The molecule has 0 bridgehead atoms. The van der Waals surface area contributed by atoms with E-state index in [2.05, 4.69) is 15.6 Å². The van der Waals surface area contributed by atoms with Gasteiger partial charge in [0.15, 0.2) is 0 Å². The highest BCUT2D eigenvalue weighted by Gasteiger charge is 2.18. The molecule has 0 aliphatic carbocycles. The van der Waals surface area contributed by atoms with Crippen molar-refractivity contribution in [3.63, 3.8) is 0 Å². The number of rotatable bonds is 6. The van der Waals surface area contributed by atoms with Crippen LogP contribution in [0.5, 0.6) is 0 Å². The standard InChI is InChI=1S/C13H20ClN3O2/c1-5-15-11-7-9(6-10(14)17-11)12(18)16-8-13(2,3)19-4/h6-7H,5,8H2,1-4H3,(H,15,17)(H,16,18). The number of ether oxygens (including phenoxy) is 1. The van der Waals surface area contributed by atoms with Crippen molar-refractivity contribution in [2.24, 2.45) is 0 Å². The normalized spacial score (nSPS) is 11.2. The summed E-state index contributed by atoms with van der Waals surface area (Å²) in [6, 6.07) is 3.21. The van der Waals surface area contributed by atoms with Crippen molar-refractivity contribution in [2.75, 3.05) is 25.5 Å². The molecule has 0 aliphatic heterocycles. The molecule has 0 fully saturated rings. The molecule has 0 spiro atoms. The van der Waals surface area contributed by atoms with Gasteiger partial charge in [-0.15, -0.1) is 0 Å². The second kappa shape index (κ2) is 6.73. The van der Waals surface area contributed by atoms with Gasteiger partial charge in [0.2, 0.25) is 0 Å². The Hall–Kier alpha value is -1.33. The zero-order chi connectivity index (χ0) is 14.5. The number of anilines is 1. The number of hydrogen-bond donors (Lipinski definition) is 2. The zero-order valence-electron chi connectivity index (χ0n) is 11.7. The fraction of sp³-hybridized carbons (Fsp3) is 0.538. The summed E-state index contributed by atoms with van der Waals surface area (Å²) in [4.78, 5) is 16.1. The molecule has 1 heterocycles. The Morgan fingerprint density at radius 3 is 2.74 bits per heavy atom. The van der Waals surface area contributed by atoms with Crippen LogP contribution in [0.2, 0.25) is 5.15 Å². The summed E-state index contributed by atoms with van der Waals surface area (Å²) in [5, 5.41) is 6.12. The van der Waals surface area contributed by atoms with Gasteiger partial charge < -0.3 is 15.4 Å². The van der Waals surface area contributed by atoms with Gasteiger partial charge in [-0.2, -0.15) is 0 Å². The third-order valence-corrected chi connectivity index (χ3v) is 2.84. The third kappa shape index (κ3) is 5.04. The number of halogens is 1. The molecule has 0 aliphatic rings. The maximum atomic E-state index is 12.0. The maximum absolute atomic E-state index is 12.0. The van der Waals surface area contributed by atoms with Crippen molar-refractivity contribution in [3.8, 4) is 0 Å². The number of methoxy groups -OCH3 is 1. The topological polar surface area (TPSA) is 63.2 Å². The zero-order valence-corrected chi connectivity index (χ0v) is 12.5. The van der Waals surface area contributed by atoms with Gasteiger partial charge in [0.05, 0.1) is 5.60 Å². The molecule has 0 radical (unpaired) electrons. The largest absolute Gasteiger partial charge is 0.377 e. The number of pyridine rings is 1. The molecule has 0 aromatic carbocycles. The van der Waals surface area contributed by atoms with E-state index in [9.17, 15) is 4.79 Å². The minimum atomic E-state index is -0.406. The molecule has 0 saturated carbocycles. The van der Waals surface area contributed by atoms with Crippen LogP contribution in [0.4, 0.5) is 5.82 Å². The molecular formula is C13H20ClN3O2. The number of nitrogens with one attached hydrogen (secondary N) is 2. The lowest BCUT2D eigenvalue weighted by Crippen LogP contribution is -2.39. The van der Waals surface area contributed by atoms with Crippen LogP contribution < -0.4 is 10.6 Å². The average molecular weight is 286 g/mol. The van der Waals surface area contributed by atoms with Crippen LogP contribution in [-0.4, -0.2) is 36.7 Å². The van der Waals surface area contributed by atoms with E-state index >= 15 is 0 Å². The lowest BCUT2D eigenvalue weighted by Gasteiger charge is -2.23. The molecular weight excluding hydrogens is 266 g/mol. The van der Waals surface area contributed by atoms with Gasteiger partial charge in [0, 0.05) is 25.8 Å². The van der Waals surface area contributed by atoms with Crippen LogP contribution in [0.3, 0.4) is 0 Å². The third-order valence-electron chi connectivity index (χ3n) is 2.64. The summed E-state index contributed by atoms with van der Waals surface area (Å²) in [7, 11) is 1.61. The minimum Gasteiger partial charge on any atom is -0.377 e. The predicted octanol–water partition coefficient (Wildman–Crippen LogP) is 2.32. The second-order valence-electron chi connectivity index (χ2n) is 4.74.